The third-order valence-electron chi connectivity index (χ3n) is 3.56. The average molecular weight is 278 g/mol. The highest BCUT2D eigenvalue weighted by Gasteiger charge is 2.28. The standard InChI is InChI=1S/C15H26N4O/c1-7-8-17-13-10-16-9-12(18-13)14(20)19(6)11(2)15(3,4)5/h9-11H,7-8H2,1-6H3,(H,17,18). The zero-order valence-corrected chi connectivity index (χ0v) is 13.4. The molecule has 0 spiro atoms. The van der Waals surface area contributed by atoms with Crippen LogP contribution in [0.4, 0.5) is 5.82 Å². The first kappa shape index (κ1) is 16.4. The Morgan fingerprint density at radius 3 is 2.60 bits per heavy atom. The molecule has 0 aliphatic heterocycles. The summed E-state index contributed by atoms with van der Waals surface area (Å²) < 4.78 is 0. The molecule has 1 unspecified atom stereocenters. The lowest BCUT2D eigenvalue weighted by molar-refractivity contribution is 0.0623. The Hall–Kier alpha value is -1.65. The molecule has 1 heterocycles. The molecule has 0 bridgehead atoms. The number of carbonyl (C=O) groups excluding carboxylic acids is 1. The second-order valence-electron chi connectivity index (χ2n) is 6.17. The molecule has 20 heavy (non-hydrogen) atoms. The van der Waals surface area contributed by atoms with Gasteiger partial charge in [0.15, 0.2) is 0 Å². The first-order valence-electron chi connectivity index (χ1n) is 7.10. The first-order chi connectivity index (χ1) is 9.27. The summed E-state index contributed by atoms with van der Waals surface area (Å²) in [5, 5.41) is 3.14. The lowest BCUT2D eigenvalue weighted by Crippen LogP contribution is -2.43. The summed E-state index contributed by atoms with van der Waals surface area (Å²) in [7, 11) is 1.81. The van der Waals surface area contributed by atoms with E-state index >= 15 is 0 Å². The van der Waals surface area contributed by atoms with E-state index in [0.29, 0.717) is 11.5 Å². The smallest absolute Gasteiger partial charge is 0.274 e. The maximum Gasteiger partial charge on any atom is 0.274 e. The maximum atomic E-state index is 12.5. The number of rotatable bonds is 5. The Morgan fingerprint density at radius 2 is 2.05 bits per heavy atom. The van der Waals surface area contributed by atoms with E-state index < -0.39 is 0 Å². The number of hydrogen-bond acceptors (Lipinski definition) is 4. The summed E-state index contributed by atoms with van der Waals surface area (Å²) in [6, 6.07) is 0.115. The number of nitrogens with one attached hydrogen (secondary N) is 1. The molecule has 0 saturated heterocycles. The highest BCUT2D eigenvalue weighted by atomic mass is 16.2. The molecular formula is C15H26N4O. The fourth-order valence-electron chi connectivity index (χ4n) is 1.74. The summed E-state index contributed by atoms with van der Waals surface area (Å²) >= 11 is 0. The van der Waals surface area contributed by atoms with Crippen molar-refractivity contribution >= 4 is 11.7 Å². The third-order valence-corrected chi connectivity index (χ3v) is 3.56. The zero-order chi connectivity index (χ0) is 15.3. The molecule has 1 amide bonds. The van der Waals surface area contributed by atoms with Crippen LogP contribution in [0.1, 0.15) is 51.5 Å². The molecule has 1 atom stereocenters. The quantitative estimate of drug-likeness (QED) is 0.899. The largest absolute Gasteiger partial charge is 0.369 e. The monoisotopic (exact) mass is 278 g/mol. The van der Waals surface area contributed by atoms with Crippen molar-refractivity contribution in [2.75, 3.05) is 18.9 Å². The molecule has 0 radical (unpaired) electrons. The van der Waals surface area contributed by atoms with Gasteiger partial charge in [-0.2, -0.15) is 0 Å². The zero-order valence-electron chi connectivity index (χ0n) is 13.4. The van der Waals surface area contributed by atoms with Crippen LogP contribution in [0.15, 0.2) is 12.4 Å². The minimum absolute atomic E-state index is 0.0237. The van der Waals surface area contributed by atoms with Crippen LogP contribution < -0.4 is 5.32 Å². The Balaban J connectivity index is 2.86. The highest BCUT2D eigenvalue weighted by Crippen LogP contribution is 2.23. The van der Waals surface area contributed by atoms with Crippen molar-refractivity contribution < 1.29 is 4.79 Å². The molecule has 0 fully saturated rings. The van der Waals surface area contributed by atoms with Crippen molar-refractivity contribution in [2.45, 2.75) is 47.1 Å². The van der Waals surface area contributed by atoms with E-state index in [2.05, 4.69) is 43.0 Å². The number of carbonyl (C=O) groups is 1. The molecule has 0 aliphatic rings. The lowest BCUT2D eigenvalue weighted by Gasteiger charge is -2.35. The van der Waals surface area contributed by atoms with Gasteiger partial charge in [0.05, 0.1) is 12.4 Å². The molecule has 0 aliphatic carbocycles. The van der Waals surface area contributed by atoms with Gasteiger partial charge >= 0.3 is 0 Å². The van der Waals surface area contributed by atoms with Crippen molar-refractivity contribution in [1.29, 1.82) is 0 Å². The molecule has 0 aromatic carbocycles. The Morgan fingerprint density at radius 1 is 1.40 bits per heavy atom. The van der Waals surface area contributed by atoms with E-state index in [9.17, 15) is 4.79 Å². The van der Waals surface area contributed by atoms with E-state index in [1.165, 1.54) is 6.20 Å². The number of nitrogens with zero attached hydrogens (tertiary/aromatic N) is 3. The van der Waals surface area contributed by atoms with Crippen molar-refractivity contribution in [3.8, 4) is 0 Å². The second-order valence-corrected chi connectivity index (χ2v) is 6.17. The molecule has 5 nitrogen and oxygen atoms in total. The Labute approximate surface area is 121 Å². The maximum absolute atomic E-state index is 12.5. The molecular weight excluding hydrogens is 252 g/mol. The van der Waals surface area contributed by atoms with Gasteiger partial charge in [0, 0.05) is 19.6 Å². The second kappa shape index (κ2) is 6.68. The molecule has 112 valence electrons. The van der Waals surface area contributed by atoms with Crippen LogP contribution in [0.25, 0.3) is 0 Å². The van der Waals surface area contributed by atoms with Crippen LogP contribution in [0, 0.1) is 5.41 Å². The minimum Gasteiger partial charge on any atom is -0.369 e. The van der Waals surface area contributed by atoms with Crippen LogP contribution in [0.3, 0.4) is 0 Å². The summed E-state index contributed by atoms with van der Waals surface area (Å²) in [5.41, 5.74) is 0.403. The Bertz CT molecular complexity index is 453. The van der Waals surface area contributed by atoms with E-state index in [1.807, 2.05) is 14.0 Å². The summed E-state index contributed by atoms with van der Waals surface area (Å²) in [4.78, 5) is 22.6. The van der Waals surface area contributed by atoms with Crippen molar-refractivity contribution in [3.05, 3.63) is 18.1 Å². The van der Waals surface area contributed by atoms with Gasteiger partial charge in [0.25, 0.3) is 5.91 Å². The van der Waals surface area contributed by atoms with Gasteiger partial charge in [-0.05, 0) is 18.8 Å². The first-order valence-corrected chi connectivity index (χ1v) is 7.10. The van der Waals surface area contributed by atoms with Crippen LogP contribution in [0.5, 0.6) is 0 Å². The van der Waals surface area contributed by atoms with Gasteiger partial charge in [-0.25, -0.2) is 4.98 Å². The number of amides is 1. The van der Waals surface area contributed by atoms with E-state index in [-0.39, 0.29) is 17.4 Å². The molecule has 0 saturated carbocycles. The van der Waals surface area contributed by atoms with Crippen molar-refractivity contribution in [3.63, 3.8) is 0 Å². The lowest BCUT2D eigenvalue weighted by atomic mass is 9.87. The number of anilines is 1. The molecule has 1 aromatic heterocycles. The van der Waals surface area contributed by atoms with Crippen LogP contribution >= 0.6 is 0 Å². The van der Waals surface area contributed by atoms with Gasteiger partial charge in [-0.3, -0.25) is 9.78 Å². The summed E-state index contributed by atoms with van der Waals surface area (Å²) in [6.07, 6.45) is 4.16. The average Bonchev–Trinajstić information content (AvgIpc) is 2.42. The summed E-state index contributed by atoms with van der Waals surface area (Å²) in [5.74, 6) is 0.551. The van der Waals surface area contributed by atoms with Gasteiger partial charge in [-0.15, -0.1) is 0 Å². The number of hydrogen-bond donors (Lipinski definition) is 1. The highest BCUT2D eigenvalue weighted by molar-refractivity contribution is 5.92. The van der Waals surface area contributed by atoms with Crippen LogP contribution in [-0.4, -0.2) is 40.4 Å². The molecule has 1 aromatic rings. The Kier molecular flexibility index (Phi) is 5.48. The SMILES string of the molecule is CCCNc1cncc(C(=O)N(C)C(C)C(C)(C)C)n1. The topological polar surface area (TPSA) is 58.1 Å². The molecule has 5 heteroatoms. The fourth-order valence-corrected chi connectivity index (χ4v) is 1.74. The van der Waals surface area contributed by atoms with Gasteiger partial charge in [-0.1, -0.05) is 27.7 Å². The van der Waals surface area contributed by atoms with Gasteiger partial charge < -0.3 is 10.2 Å². The van der Waals surface area contributed by atoms with E-state index in [1.54, 1.807) is 11.1 Å². The van der Waals surface area contributed by atoms with E-state index in [4.69, 9.17) is 0 Å². The molecule has 1 N–H and O–H groups in total. The predicted octanol–water partition coefficient (Wildman–Crippen LogP) is 2.81. The van der Waals surface area contributed by atoms with Gasteiger partial charge in [0.1, 0.15) is 11.5 Å². The van der Waals surface area contributed by atoms with Crippen molar-refractivity contribution in [1.82, 2.24) is 14.9 Å². The van der Waals surface area contributed by atoms with E-state index in [0.717, 1.165) is 13.0 Å². The summed E-state index contributed by atoms with van der Waals surface area (Å²) in [6.45, 7) is 11.3. The molecule has 1 rings (SSSR count). The third kappa shape index (κ3) is 4.18. The minimum atomic E-state index is -0.0972. The van der Waals surface area contributed by atoms with Crippen molar-refractivity contribution in [2.24, 2.45) is 5.41 Å². The number of aromatic nitrogens is 2. The predicted molar refractivity (Wildman–Crippen MR) is 81.8 cm³/mol. The normalized spacial score (nSPS) is 12.9. The van der Waals surface area contributed by atoms with Crippen LogP contribution in [0.2, 0.25) is 0 Å². The fraction of sp³-hybridized carbons (Fsp3) is 0.667. The van der Waals surface area contributed by atoms with Gasteiger partial charge in [0.2, 0.25) is 0 Å². The van der Waals surface area contributed by atoms with Crippen LogP contribution in [-0.2, 0) is 0 Å².